The fourth-order valence-corrected chi connectivity index (χ4v) is 3.70. The van der Waals surface area contributed by atoms with Crippen LogP contribution < -0.4 is 5.43 Å². The summed E-state index contributed by atoms with van der Waals surface area (Å²) in [6.45, 7) is 0. The van der Waals surface area contributed by atoms with Gasteiger partial charge in [0.05, 0.1) is 10.9 Å². The predicted octanol–water partition coefficient (Wildman–Crippen LogP) is 3.82. The topological polar surface area (TPSA) is 49.9 Å². The molecule has 0 bridgehead atoms. The Morgan fingerprint density at radius 2 is 1.54 bits per heavy atom. The summed E-state index contributed by atoms with van der Waals surface area (Å²) >= 11 is 0. The van der Waals surface area contributed by atoms with Gasteiger partial charge in [0.25, 0.3) is 0 Å². The third-order valence-electron chi connectivity index (χ3n) is 4.83. The van der Waals surface area contributed by atoms with E-state index in [1.54, 1.807) is 6.07 Å². The number of aromatic nitrogens is 1. The highest BCUT2D eigenvalue weighted by molar-refractivity contribution is 6.19. The van der Waals surface area contributed by atoms with E-state index in [0.717, 1.165) is 16.6 Å². The van der Waals surface area contributed by atoms with E-state index < -0.39 is 0 Å². The van der Waals surface area contributed by atoms with E-state index in [1.807, 2.05) is 54.6 Å². The van der Waals surface area contributed by atoms with E-state index in [2.05, 4.69) is 4.98 Å². The first-order chi connectivity index (χ1) is 11.7. The van der Waals surface area contributed by atoms with Gasteiger partial charge in [-0.05, 0) is 35.7 Å². The number of ketones is 1. The molecule has 1 N–H and O–H groups in total. The van der Waals surface area contributed by atoms with Gasteiger partial charge in [-0.15, -0.1) is 0 Å². The molecular weight excluding hydrogens is 298 g/mol. The molecule has 0 unspecified atom stereocenters. The normalized spacial score (nSPS) is 13.1. The number of hydrogen-bond donors (Lipinski definition) is 1. The molecule has 0 saturated carbocycles. The molecule has 3 aromatic carbocycles. The Balaban J connectivity index is 1.94. The lowest BCUT2D eigenvalue weighted by Crippen LogP contribution is -2.19. The molecule has 1 heterocycles. The molecule has 0 spiro atoms. The number of fused-ring (bicyclic) bond motifs is 5. The molecule has 5 rings (SSSR count). The summed E-state index contributed by atoms with van der Waals surface area (Å²) in [5, 5.41) is 1.12. The Morgan fingerprint density at radius 3 is 2.46 bits per heavy atom. The van der Waals surface area contributed by atoms with Gasteiger partial charge >= 0.3 is 0 Å². The van der Waals surface area contributed by atoms with Crippen molar-refractivity contribution in [1.82, 2.24) is 4.98 Å². The zero-order chi connectivity index (χ0) is 16.3. The van der Waals surface area contributed by atoms with Gasteiger partial charge in [0.15, 0.2) is 11.2 Å². The second-order valence-electron chi connectivity index (χ2n) is 6.19. The molecule has 0 fully saturated rings. The minimum atomic E-state index is -0.0797. The molecule has 0 atom stereocenters. The van der Waals surface area contributed by atoms with Crippen LogP contribution in [-0.4, -0.2) is 10.8 Å². The number of para-hydroxylation sites is 1. The quantitative estimate of drug-likeness (QED) is 0.442. The molecular formula is C21H13NO2. The van der Waals surface area contributed by atoms with Crippen LogP contribution in [0.1, 0.15) is 27.0 Å². The average Bonchev–Trinajstić information content (AvgIpc) is 2.62. The van der Waals surface area contributed by atoms with E-state index in [9.17, 15) is 9.59 Å². The second kappa shape index (κ2) is 4.65. The number of hydrogen-bond acceptors (Lipinski definition) is 2. The molecule has 0 saturated heterocycles. The summed E-state index contributed by atoms with van der Waals surface area (Å²) in [7, 11) is 0. The lowest BCUT2D eigenvalue weighted by molar-refractivity contribution is 0.103. The molecule has 3 nitrogen and oxygen atoms in total. The number of benzene rings is 3. The minimum absolute atomic E-state index is 0.0572. The Bertz CT molecular complexity index is 1220. The Hall–Kier alpha value is -3.20. The monoisotopic (exact) mass is 311 g/mol. The molecule has 3 heteroatoms. The summed E-state index contributed by atoms with van der Waals surface area (Å²) in [4.78, 5) is 29.4. The summed E-state index contributed by atoms with van der Waals surface area (Å²) in [5.41, 5.74) is 4.62. The van der Waals surface area contributed by atoms with Crippen LogP contribution in [0.4, 0.5) is 0 Å². The van der Waals surface area contributed by atoms with Crippen molar-refractivity contribution < 1.29 is 4.79 Å². The highest BCUT2D eigenvalue weighted by atomic mass is 16.1. The number of rotatable bonds is 0. The van der Waals surface area contributed by atoms with Crippen molar-refractivity contribution >= 4 is 27.6 Å². The standard InChI is InChI=1S/C21H13NO2/c23-20-14-6-2-1-5-12(14)11-13-9-10-17-19(18(13)20)21(24)15-7-3-4-8-16(15)22-17/h1-10H,11H2,(H,22,24). The van der Waals surface area contributed by atoms with Crippen LogP contribution in [0.25, 0.3) is 21.8 Å². The van der Waals surface area contributed by atoms with Gasteiger partial charge in [0.1, 0.15) is 0 Å². The molecule has 114 valence electrons. The van der Waals surface area contributed by atoms with Gasteiger partial charge in [-0.2, -0.15) is 0 Å². The second-order valence-corrected chi connectivity index (χ2v) is 6.19. The van der Waals surface area contributed by atoms with E-state index in [4.69, 9.17) is 0 Å². The van der Waals surface area contributed by atoms with Crippen molar-refractivity contribution in [2.75, 3.05) is 0 Å². The third kappa shape index (κ3) is 1.67. The molecule has 0 radical (unpaired) electrons. The third-order valence-corrected chi connectivity index (χ3v) is 4.83. The molecule has 0 aliphatic heterocycles. The van der Waals surface area contributed by atoms with E-state index in [0.29, 0.717) is 33.8 Å². The van der Waals surface area contributed by atoms with Crippen molar-refractivity contribution in [1.29, 1.82) is 0 Å². The smallest absolute Gasteiger partial charge is 0.197 e. The highest BCUT2D eigenvalue weighted by Gasteiger charge is 2.26. The Labute approximate surface area is 137 Å². The first kappa shape index (κ1) is 13.3. The maximum absolute atomic E-state index is 13.1. The number of carbonyl (C=O) groups excluding carboxylic acids is 1. The van der Waals surface area contributed by atoms with E-state index in [-0.39, 0.29) is 11.2 Å². The van der Waals surface area contributed by atoms with Crippen LogP contribution in [0, 0.1) is 0 Å². The minimum Gasteiger partial charge on any atom is -0.354 e. The van der Waals surface area contributed by atoms with Gasteiger partial charge in [-0.1, -0.05) is 42.5 Å². The van der Waals surface area contributed by atoms with Gasteiger partial charge in [0.2, 0.25) is 0 Å². The zero-order valence-corrected chi connectivity index (χ0v) is 12.8. The number of nitrogens with one attached hydrogen (secondary N) is 1. The molecule has 1 aliphatic carbocycles. The summed E-state index contributed by atoms with van der Waals surface area (Å²) in [6, 6.07) is 18.9. The molecule has 1 aromatic heterocycles. The van der Waals surface area contributed by atoms with Gasteiger partial charge in [-0.25, -0.2) is 0 Å². The molecule has 1 aliphatic rings. The summed E-state index contributed by atoms with van der Waals surface area (Å²) < 4.78 is 0. The van der Waals surface area contributed by atoms with Crippen LogP contribution in [0.15, 0.2) is 65.5 Å². The van der Waals surface area contributed by atoms with Crippen LogP contribution >= 0.6 is 0 Å². The van der Waals surface area contributed by atoms with Crippen LogP contribution in [0.3, 0.4) is 0 Å². The van der Waals surface area contributed by atoms with Gasteiger partial charge in [-0.3, -0.25) is 9.59 Å². The van der Waals surface area contributed by atoms with E-state index >= 15 is 0 Å². The zero-order valence-electron chi connectivity index (χ0n) is 12.8. The molecule has 24 heavy (non-hydrogen) atoms. The Kier molecular flexibility index (Phi) is 2.57. The molecule has 0 amide bonds. The van der Waals surface area contributed by atoms with Crippen molar-refractivity contribution in [2.24, 2.45) is 0 Å². The fourth-order valence-electron chi connectivity index (χ4n) is 3.70. The maximum Gasteiger partial charge on any atom is 0.197 e. The highest BCUT2D eigenvalue weighted by Crippen LogP contribution is 2.31. The van der Waals surface area contributed by atoms with Gasteiger partial charge < -0.3 is 4.98 Å². The van der Waals surface area contributed by atoms with E-state index in [1.165, 1.54) is 0 Å². The number of H-pyrrole nitrogens is 1. The molecule has 4 aromatic rings. The average molecular weight is 311 g/mol. The SMILES string of the molecule is O=C1c2ccccc2Cc2ccc3[nH]c4ccccc4c(=O)c3c21. The largest absolute Gasteiger partial charge is 0.354 e. The van der Waals surface area contributed by atoms with Crippen LogP contribution in [0.2, 0.25) is 0 Å². The summed E-state index contributed by atoms with van der Waals surface area (Å²) in [6.07, 6.45) is 0.680. The van der Waals surface area contributed by atoms with Gasteiger partial charge in [0, 0.05) is 22.0 Å². The number of pyridine rings is 1. The van der Waals surface area contributed by atoms with Crippen molar-refractivity contribution in [3.8, 4) is 0 Å². The van der Waals surface area contributed by atoms with Crippen LogP contribution in [-0.2, 0) is 6.42 Å². The fraction of sp³-hybridized carbons (Fsp3) is 0.0476. The lowest BCUT2D eigenvalue weighted by Gasteiger charge is -2.20. The van der Waals surface area contributed by atoms with Crippen molar-refractivity contribution in [3.63, 3.8) is 0 Å². The predicted molar refractivity (Wildman–Crippen MR) is 94.8 cm³/mol. The summed E-state index contributed by atoms with van der Waals surface area (Å²) in [5.74, 6) is -0.0572. The lowest BCUT2D eigenvalue weighted by atomic mass is 9.83. The number of aromatic amines is 1. The maximum atomic E-state index is 13.1. The van der Waals surface area contributed by atoms with Crippen molar-refractivity contribution in [2.45, 2.75) is 6.42 Å². The Morgan fingerprint density at radius 1 is 0.750 bits per heavy atom. The number of carbonyl (C=O) groups is 1. The first-order valence-corrected chi connectivity index (χ1v) is 7.93. The van der Waals surface area contributed by atoms with Crippen LogP contribution in [0.5, 0.6) is 0 Å². The van der Waals surface area contributed by atoms with Crippen molar-refractivity contribution in [3.05, 3.63) is 93.1 Å². The first-order valence-electron chi connectivity index (χ1n) is 7.93.